The van der Waals surface area contributed by atoms with Gasteiger partial charge >= 0.3 is 183 Å². The van der Waals surface area contributed by atoms with E-state index in [0.717, 1.165) is 77.0 Å². The van der Waals surface area contributed by atoms with Crippen molar-refractivity contribution in [3.8, 4) is 0 Å². The Hall–Kier alpha value is 2.88. The maximum absolute atomic E-state index is 6.82. The van der Waals surface area contributed by atoms with Crippen LogP contribution in [0, 0.1) is 39.4 Å². The fourth-order valence-corrected chi connectivity index (χ4v) is 8.32. The monoisotopic (exact) mass is 2450 g/mol. The van der Waals surface area contributed by atoms with Crippen LogP contribution < -0.4 is 56.5 Å². The normalized spacial score (nSPS) is 16.0. The van der Waals surface area contributed by atoms with Crippen LogP contribution in [0.15, 0.2) is 0 Å². The largest absolute Gasteiger partial charge is 5.00 e. The smallest absolute Gasteiger partial charge is 2.00 e. The molecule has 0 radical (unpaired) electrons. The SMILES string of the molecule is [Au+].[Au+].[Au+].[Au+].[Au+].[Au+].[C-]#[N+]C1CCCCCC1.[C-]#[N+]C1CCCCCC1.[C-]#[N+]C1CCCCCC1.[C-]#[N+]C1CCCCCC1.[C-]#[N+]C1CCCCCC1.[C-]#[N+]C1CCCCCC1.[F-].[F-].[F-].[F-].[F-].[F-].[F-].[F-].[F-].[F-].[F-].[F-].[S-2].[S-2].[Sb+5].[Sb+5]. The van der Waals surface area contributed by atoms with E-state index in [-0.39, 0.29) is 267 Å². The van der Waals surface area contributed by atoms with Crippen LogP contribution in [-0.2, 0) is 161 Å². The molecule has 6 nitrogen and oxygen atoms in total. The van der Waals surface area contributed by atoms with Crippen LogP contribution in [0.25, 0.3) is 29.1 Å². The molecular formula is C48H78Au6F12N6S2Sb2. The van der Waals surface area contributed by atoms with Crippen LogP contribution >= 0.6 is 0 Å². The Morgan fingerprint density at radius 3 is 0.289 bits per heavy atom. The van der Waals surface area contributed by atoms with Crippen molar-refractivity contribution in [3.63, 3.8) is 0 Å². The topological polar surface area (TPSA) is 26.2 Å². The van der Waals surface area contributed by atoms with Crippen molar-refractivity contribution >= 4 is 75.8 Å². The molecule has 6 rings (SSSR count). The van der Waals surface area contributed by atoms with Crippen molar-refractivity contribution in [1.29, 1.82) is 0 Å². The molecule has 0 unspecified atom stereocenters. The summed E-state index contributed by atoms with van der Waals surface area (Å²) in [6.07, 6.45) is 45.5. The van der Waals surface area contributed by atoms with Crippen molar-refractivity contribution in [1.82, 2.24) is 0 Å². The summed E-state index contributed by atoms with van der Waals surface area (Å²) in [7, 11) is 0. The number of hydrogen-bond donors (Lipinski definition) is 0. The van der Waals surface area contributed by atoms with Crippen molar-refractivity contribution in [2.45, 2.75) is 267 Å². The summed E-state index contributed by atoms with van der Waals surface area (Å²) in [5.41, 5.74) is 0. The third-order valence-corrected chi connectivity index (χ3v) is 12.0. The molecule has 0 spiro atoms. The summed E-state index contributed by atoms with van der Waals surface area (Å²) < 4.78 is 0. The van der Waals surface area contributed by atoms with E-state index in [1.165, 1.54) is 154 Å². The van der Waals surface area contributed by atoms with Crippen LogP contribution in [0.4, 0.5) is 0 Å². The third kappa shape index (κ3) is 93.3. The standard InChI is InChI=1S/6C8H13N.6Au.12FH.2S.2Sb/c6*1-9-8-6-4-2-3-5-7-8;;;;;;;;;;;;;;;;;;;;;;/h6*8H,2-7H2;;;;;;;12*1H;;;;/q;;;;;;6*+1;;;;;;;;;;;;;2*-2;2*+5/p-12. The number of halogens is 12. The molecule has 0 aromatic heterocycles. The van der Waals surface area contributed by atoms with Gasteiger partial charge in [-0.1, -0.05) is 77.0 Å². The van der Waals surface area contributed by atoms with E-state index in [1.807, 2.05) is 0 Å². The summed E-state index contributed by atoms with van der Waals surface area (Å²) in [6, 6.07) is 2.21. The van der Waals surface area contributed by atoms with E-state index >= 15 is 0 Å². The van der Waals surface area contributed by atoms with Crippen molar-refractivity contribution in [2.24, 2.45) is 0 Å². The van der Waals surface area contributed by atoms with Crippen LogP contribution in [0.3, 0.4) is 0 Å². The maximum Gasteiger partial charge on any atom is 5.00 e. The zero-order valence-corrected chi connectivity index (χ0v) is 62.4. The van der Waals surface area contributed by atoms with Crippen molar-refractivity contribution in [2.75, 3.05) is 0 Å². The maximum atomic E-state index is 6.82. The average molecular weight is 2460 g/mol. The fraction of sp³-hybridized carbons (Fsp3) is 0.875. The molecule has 0 aliphatic heterocycles. The minimum Gasteiger partial charge on any atom is -2.00 e. The molecule has 0 heterocycles. The van der Waals surface area contributed by atoms with E-state index in [1.54, 1.807) is 0 Å². The summed E-state index contributed by atoms with van der Waals surface area (Å²) in [4.78, 5) is 21.3. The van der Waals surface area contributed by atoms with Crippen molar-refractivity contribution in [3.05, 3.63) is 68.5 Å². The Labute approximate surface area is 595 Å². The van der Waals surface area contributed by atoms with Gasteiger partial charge in [-0.3, -0.25) is 0 Å². The Balaban J connectivity index is -0.0000000218. The molecule has 6 aliphatic rings. The molecule has 0 saturated heterocycles. The minimum atomic E-state index is 0. The second-order valence-electron chi connectivity index (χ2n) is 16.6. The second kappa shape index (κ2) is 116. The second-order valence-corrected chi connectivity index (χ2v) is 16.6. The molecule has 0 atom stereocenters. The quantitative estimate of drug-likeness (QED) is 0.100. The average Bonchev–Trinajstić information content (AvgIpc) is 3.94. The van der Waals surface area contributed by atoms with Gasteiger partial charge in [0.1, 0.15) is 0 Å². The zero-order chi connectivity index (χ0) is 39.2. The molecule has 0 aromatic rings. The molecule has 0 bridgehead atoms. The van der Waals surface area contributed by atoms with Gasteiger partial charge in [-0.2, -0.15) is 0 Å². The molecule has 6 fully saturated rings. The molecule has 6 aliphatic carbocycles. The van der Waals surface area contributed by atoms with Crippen molar-refractivity contribution < 1.29 is 191 Å². The van der Waals surface area contributed by atoms with Gasteiger partial charge in [-0.25, -0.2) is 39.4 Å². The van der Waals surface area contributed by atoms with E-state index in [9.17, 15) is 0 Å². The third-order valence-electron chi connectivity index (χ3n) is 12.0. The molecule has 0 aromatic carbocycles. The van der Waals surface area contributed by atoms with Gasteiger partial charge in [0.2, 0.25) is 36.3 Å². The Kier molecular flexibility index (Phi) is 227. The van der Waals surface area contributed by atoms with Gasteiger partial charge in [0.25, 0.3) is 0 Å². The Bertz CT molecular complexity index is 960. The van der Waals surface area contributed by atoms with Gasteiger partial charge in [-0.15, -0.1) is 0 Å². The first-order chi connectivity index (χ1) is 26.6. The first kappa shape index (κ1) is 148. The van der Waals surface area contributed by atoms with E-state index in [0.29, 0.717) is 36.3 Å². The molecule has 0 N–H and O–H groups in total. The summed E-state index contributed by atoms with van der Waals surface area (Å²) in [5.74, 6) is 0. The molecule has 0 amide bonds. The van der Waals surface area contributed by atoms with E-state index in [4.69, 9.17) is 39.4 Å². The van der Waals surface area contributed by atoms with Gasteiger partial charge in [-0.05, 0) is 77.0 Å². The summed E-state index contributed by atoms with van der Waals surface area (Å²) in [5, 5.41) is 0. The molecule has 472 valence electrons. The number of rotatable bonds is 0. The predicted octanol–water partition coefficient (Wildman–Crippen LogP) is -21.0. The first-order valence-corrected chi connectivity index (χ1v) is 22.8. The van der Waals surface area contributed by atoms with E-state index < -0.39 is 0 Å². The molecule has 6 saturated carbocycles. The van der Waals surface area contributed by atoms with E-state index in [2.05, 4.69) is 29.1 Å². The molecule has 76 heavy (non-hydrogen) atoms. The van der Waals surface area contributed by atoms with Gasteiger partial charge in [0.15, 0.2) is 0 Å². The summed E-state index contributed by atoms with van der Waals surface area (Å²) in [6.45, 7) is 40.9. The first-order valence-electron chi connectivity index (χ1n) is 22.8. The fourth-order valence-electron chi connectivity index (χ4n) is 8.32. The number of hydrogen-bond acceptors (Lipinski definition) is 0. The zero-order valence-electron chi connectivity index (χ0n) is 42.7. The minimum absolute atomic E-state index is 0. The Morgan fingerprint density at radius 2 is 0.237 bits per heavy atom. The van der Waals surface area contributed by atoms with Gasteiger partial charge in [0.05, 0.1) is 0 Å². The molecular weight excluding hydrogens is 2380 g/mol. The Morgan fingerprint density at radius 1 is 0.171 bits per heavy atom. The summed E-state index contributed by atoms with van der Waals surface area (Å²) >= 11 is 0. The van der Waals surface area contributed by atoms with Crippen LogP contribution in [0.2, 0.25) is 0 Å². The van der Waals surface area contributed by atoms with Crippen LogP contribution in [-0.4, -0.2) is 85.1 Å². The predicted molar refractivity (Wildman–Crippen MR) is 255 cm³/mol. The van der Waals surface area contributed by atoms with Crippen LogP contribution in [0.5, 0.6) is 0 Å². The number of nitrogens with zero attached hydrogens (tertiary/aromatic N) is 6. The van der Waals surface area contributed by atoms with Gasteiger partial charge in [0, 0.05) is 77.0 Å². The van der Waals surface area contributed by atoms with Gasteiger partial charge < -0.3 is 113 Å². The van der Waals surface area contributed by atoms with Crippen LogP contribution in [0.1, 0.15) is 231 Å². The molecule has 28 heteroatoms.